The van der Waals surface area contributed by atoms with E-state index in [0.717, 1.165) is 18.2 Å². The van der Waals surface area contributed by atoms with E-state index in [-0.39, 0.29) is 29.7 Å². The number of ether oxygens (including phenoxy) is 1. The molecule has 1 aliphatic heterocycles. The number of benzene rings is 2. The van der Waals surface area contributed by atoms with Crippen LogP contribution in [0.1, 0.15) is 44.2 Å². The highest BCUT2D eigenvalue weighted by Gasteiger charge is 2.49. The number of amides is 1. The van der Waals surface area contributed by atoms with Crippen LogP contribution in [0.4, 0.5) is 8.78 Å². The summed E-state index contributed by atoms with van der Waals surface area (Å²) in [7, 11) is 0. The summed E-state index contributed by atoms with van der Waals surface area (Å²) in [5, 5.41) is 5.60. The highest BCUT2D eigenvalue weighted by Crippen LogP contribution is 2.41. The van der Waals surface area contributed by atoms with Crippen LogP contribution in [-0.2, 0) is 15.3 Å². The first-order valence-corrected chi connectivity index (χ1v) is 9.69. The van der Waals surface area contributed by atoms with E-state index in [1.807, 2.05) is 44.2 Å². The number of hydrogen-bond donors (Lipinski definition) is 1. The van der Waals surface area contributed by atoms with Crippen LogP contribution in [0.5, 0.6) is 0 Å². The van der Waals surface area contributed by atoms with Crippen molar-refractivity contribution in [3.05, 3.63) is 71.3 Å². The van der Waals surface area contributed by atoms with E-state index in [2.05, 4.69) is 5.10 Å². The smallest absolute Gasteiger partial charge is 0.246 e. The van der Waals surface area contributed by atoms with E-state index in [4.69, 9.17) is 10.5 Å². The molecule has 29 heavy (non-hydrogen) atoms. The molecule has 1 aliphatic rings. The quantitative estimate of drug-likeness (QED) is 0.759. The predicted molar refractivity (Wildman–Crippen MR) is 107 cm³/mol. The van der Waals surface area contributed by atoms with Crippen LogP contribution < -0.4 is 5.73 Å². The van der Waals surface area contributed by atoms with Crippen LogP contribution in [0, 0.1) is 17.6 Å². The number of nitrogens with two attached hydrogens (primary N) is 1. The number of nitrogens with zero attached hydrogens (tertiary/aromatic N) is 2. The minimum atomic E-state index is -1.26. The molecule has 0 radical (unpaired) electrons. The van der Waals surface area contributed by atoms with Crippen molar-refractivity contribution in [2.45, 2.75) is 38.8 Å². The molecule has 2 aromatic rings. The van der Waals surface area contributed by atoms with Gasteiger partial charge in [-0.2, -0.15) is 5.01 Å². The van der Waals surface area contributed by atoms with Crippen molar-refractivity contribution in [1.29, 1.82) is 0 Å². The second kappa shape index (κ2) is 8.69. The van der Waals surface area contributed by atoms with Gasteiger partial charge in [-0.05, 0) is 37.1 Å². The third kappa shape index (κ3) is 4.29. The van der Waals surface area contributed by atoms with Crippen LogP contribution in [0.25, 0.3) is 0 Å². The van der Waals surface area contributed by atoms with Crippen molar-refractivity contribution >= 4 is 11.8 Å². The molecule has 1 amide bonds. The Morgan fingerprint density at radius 2 is 1.93 bits per heavy atom. The Hall–Kier alpha value is -2.80. The lowest BCUT2D eigenvalue weighted by Crippen LogP contribution is -2.45. The van der Waals surface area contributed by atoms with Crippen LogP contribution >= 0.6 is 0 Å². The van der Waals surface area contributed by atoms with Crippen LogP contribution in [0.15, 0.2) is 53.6 Å². The molecule has 154 valence electrons. The topological polar surface area (TPSA) is 67.9 Å². The van der Waals surface area contributed by atoms with Gasteiger partial charge in [-0.1, -0.05) is 44.2 Å². The van der Waals surface area contributed by atoms with Crippen LogP contribution in [-0.4, -0.2) is 23.4 Å². The average molecular weight is 401 g/mol. The molecular weight excluding hydrogens is 376 g/mol. The molecule has 3 rings (SSSR count). The van der Waals surface area contributed by atoms with Crippen molar-refractivity contribution in [1.82, 2.24) is 5.01 Å². The molecule has 0 saturated carbocycles. The molecule has 5 nitrogen and oxygen atoms in total. The molecule has 2 aromatic carbocycles. The van der Waals surface area contributed by atoms with Gasteiger partial charge in [0.2, 0.25) is 17.5 Å². The van der Waals surface area contributed by atoms with E-state index in [0.29, 0.717) is 24.9 Å². The maximum Gasteiger partial charge on any atom is 0.246 e. The maximum absolute atomic E-state index is 14.4. The SMILES string of the molecule is CC(C)CC(=O)N1N=C(c2cc(F)ccc2F)OC1(CCCN)c1ccccc1. The molecule has 0 aromatic heterocycles. The molecule has 0 bridgehead atoms. The lowest BCUT2D eigenvalue weighted by atomic mass is 9.95. The highest BCUT2D eigenvalue weighted by atomic mass is 19.1. The summed E-state index contributed by atoms with van der Waals surface area (Å²) in [6, 6.07) is 12.2. The van der Waals surface area contributed by atoms with Crippen LogP contribution in [0.3, 0.4) is 0 Å². The summed E-state index contributed by atoms with van der Waals surface area (Å²) < 4.78 is 34.4. The third-order valence-corrected chi connectivity index (χ3v) is 4.72. The van der Waals surface area contributed by atoms with Gasteiger partial charge in [-0.3, -0.25) is 4.79 Å². The van der Waals surface area contributed by atoms with Crippen molar-refractivity contribution in [3.63, 3.8) is 0 Å². The molecule has 0 fully saturated rings. The minimum Gasteiger partial charge on any atom is -0.443 e. The number of hydrogen-bond acceptors (Lipinski definition) is 4. The normalized spacial score (nSPS) is 18.7. The van der Waals surface area contributed by atoms with Crippen molar-refractivity contribution in [3.8, 4) is 0 Å². The zero-order valence-electron chi connectivity index (χ0n) is 16.6. The standard InChI is InChI=1S/C22H25F2N3O2/c1-15(2)13-20(28)27-22(11-6-12-25,16-7-4-3-5-8-16)29-21(26-27)18-14-17(23)9-10-19(18)24/h3-5,7-10,14-15H,6,11-13,25H2,1-2H3. The molecule has 2 N–H and O–H groups in total. The summed E-state index contributed by atoms with van der Waals surface area (Å²) in [4.78, 5) is 13.1. The number of hydrazone groups is 1. The second-order valence-corrected chi connectivity index (χ2v) is 7.48. The first kappa shape index (κ1) is 20.9. The van der Waals surface area contributed by atoms with Gasteiger partial charge in [-0.25, -0.2) is 8.78 Å². The Morgan fingerprint density at radius 1 is 1.21 bits per heavy atom. The molecule has 1 heterocycles. The first-order chi connectivity index (χ1) is 13.9. The number of rotatable bonds is 7. The zero-order chi connectivity index (χ0) is 21.0. The van der Waals surface area contributed by atoms with E-state index < -0.39 is 17.4 Å². The Kier molecular flexibility index (Phi) is 6.27. The molecule has 0 aliphatic carbocycles. The predicted octanol–water partition coefficient (Wildman–Crippen LogP) is 4.12. The highest BCUT2D eigenvalue weighted by molar-refractivity contribution is 5.97. The van der Waals surface area contributed by atoms with Crippen molar-refractivity contribution in [2.24, 2.45) is 16.8 Å². The van der Waals surface area contributed by atoms with Gasteiger partial charge in [0.1, 0.15) is 11.6 Å². The van der Waals surface area contributed by atoms with Gasteiger partial charge in [0, 0.05) is 18.4 Å². The largest absolute Gasteiger partial charge is 0.443 e. The fourth-order valence-corrected chi connectivity index (χ4v) is 3.38. The number of carbonyl (C=O) groups excluding carboxylic acids is 1. The number of halogens is 2. The third-order valence-electron chi connectivity index (χ3n) is 4.72. The molecule has 0 saturated heterocycles. The molecule has 1 atom stereocenters. The van der Waals surface area contributed by atoms with Crippen molar-refractivity contribution < 1.29 is 18.3 Å². The van der Waals surface area contributed by atoms with E-state index in [9.17, 15) is 13.6 Å². The molecule has 0 spiro atoms. The Bertz CT molecular complexity index is 902. The summed E-state index contributed by atoms with van der Waals surface area (Å²) in [5.74, 6) is -1.58. The van der Waals surface area contributed by atoms with Gasteiger partial charge in [0.25, 0.3) is 0 Å². The monoisotopic (exact) mass is 401 g/mol. The summed E-state index contributed by atoms with van der Waals surface area (Å²) in [5.41, 5.74) is 5.03. The zero-order valence-corrected chi connectivity index (χ0v) is 16.6. The second-order valence-electron chi connectivity index (χ2n) is 7.48. The van der Waals surface area contributed by atoms with E-state index >= 15 is 0 Å². The Balaban J connectivity index is 2.12. The number of carbonyl (C=O) groups is 1. The molecular formula is C22H25F2N3O2. The minimum absolute atomic E-state index is 0.0932. The van der Waals surface area contributed by atoms with E-state index in [1.54, 1.807) is 0 Å². The Morgan fingerprint density at radius 3 is 2.59 bits per heavy atom. The fourth-order valence-electron chi connectivity index (χ4n) is 3.38. The van der Waals surface area contributed by atoms with Gasteiger partial charge in [-0.15, -0.1) is 5.10 Å². The maximum atomic E-state index is 14.4. The first-order valence-electron chi connectivity index (χ1n) is 9.69. The summed E-state index contributed by atoms with van der Waals surface area (Å²) >= 11 is 0. The van der Waals surface area contributed by atoms with Gasteiger partial charge in [0.15, 0.2) is 0 Å². The van der Waals surface area contributed by atoms with Crippen LogP contribution in [0.2, 0.25) is 0 Å². The van der Waals surface area contributed by atoms with Gasteiger partial charge in [0.05, 0.1) is 5.56 Å². The molecule has 1 unspecified atom stereocenters. The fraction of sp³-hybridized carbons (Fsp3) is 0.364. The van der Waals surface area contributed by atoms with E-state index in [1.165, 1.54) is 5.01 Å². The lowest BCUT2D eigenvalue weighted by Gasteiger charge is -2.35. The lowest BCUT2D eigenvalue weighted by molar-refractivity contribution is -0.153. The molecule has 7 heteroatoms. The summed E-state index contributed by atoms with van der Waals surface area (Å²) in [6.45, 7) is 4.24. The summed E-state index contributed by atoms with van der Waals surface area (Å²) in [6.07, 6.45) is 1.15. The Labute approximate surface area is 169 Å². The van der Waals surface area contributed by atoms with Crippen molar-refractivity contribution in [2.75, 3.05) is 6.54 Å². The van der Waals surface area contributed by atoms with Gasteiger partial charge >= 0.3 is 0 Å². The average Bonchev–Trinajstić information content (AvgIpc) is 3.09. The van der Waals surface area contributed by atoms with Gasteiger partial charge < -0.3 is 10.5 Å².